The second-order valence-electron chi connectivity index (χ2n) is 3.89. The van der Waals surface area contributed by atoms with E-state index in [-0.39, 0.29) is 5.75 Å². The Hall–Kier alpha value is -2.68. The molecule has 102 valence electrons. The Kier molecular flexibility index (Phi) is 4.45. The van der Waals surface area contributed by atoms with Crippen molar-refractivity contribution >= 4 is 5.69 Å². The van der Waals surface area contributed by atoms with Crippen LogP contribution in [-0.2, 0) is 6.54 Å². The van der Waals surface area contributed by atoms with Crippen molar-refractivity contribution in [1.29, 1.82) is 5.26 Å². The minimum atomic E-state index is -2.87. The summed E-state index contributed by atoms with van der Waals surface area (Å²) >= 11 is 0. The van der Waals surface area contributed by atoms with Gasteiger partial charge >= 0.3 is 6.61 Å². The number of benzene rings is 1. The number of para-hydroxylation sites is 2. The Balaban J connectivity index is 2.09. The summed E-state index contributed by atoms with van der Waals surface area (Å²) in [4.78, 5) is 3.86. The van der Waals surface area contributed by atoms with E-state index in [1.165, 1.54) is 12.3 Å². The lowest BCUT2D eigenvalue weighted by Gasteiger charge is -2.12. The zero-order valence-corrected chi connectivity index (χ0v) is 10.4. The number of alkyl halides is 2. The molecule has 0 aliphatic rings. The molecule has 0 saturated heterocycles. The first-order chi connectivity index (χ1) is 9.69. The molecule has 0 radical (unpaired) electrons. The van der Waals surface area contributed by atoms with Gasteiger partial charge in [-0.15, -0.1) is 0 Å². The Labute approximate surface area is 114 Å². The van der Waals surface area contributed by atoms with Gasteiger partial charge in [0, 0.05) is 12.7 Å². The molecule has 0 aliphatic heterocycles. The monoisotopic (exact) mass is 275 g/mol. The first-order valence-electron chi connectivity index (χ1n) is 5.82. The standard InChI is InChI=1S/C14H11F2N3O/c15-14(16)20-13-4-2-1-3-12(13)19-9-10-5-6-18-11(7-10)8-17/h1-7,14,19H,9H2. The van der Waals surface area contributed by atoms with Gasteiger partial charge < -0.3 is 10.1 Å². The largest absolute Gasteiger partial charge is 0.433 e. The van der Waals surface area contributed by atoms with Gasteiger partial charge in [-0.1, -0.05) is 12.1 Å². The topological polar surface area (TPSA) is 57.9 Å². The molecule has 0 fully saturated rings. The quantitative estimate of drug-likeness (QED) is 0.910. The Morgan fingerprint density at radius 2 is 2.10 bits per heavy atom. The summed E-state index contributed by atoms with van der Waals surface area (Å²) in [6.45, 7) is -2.50. The minimum absolute atomic E-state index is 0.0806. The van der Waals surface area contributed by atoms with Crippen molar-refractivity contribution in [3.05, 3.63) is 53.9 Å². The van der Waals surface area contributed by atoms with Crippen molar-refractivity contribution in [1.82, 2.24) is 4.98 Å². The van der Waals surface area contributed by atoms with Crippen molar-refractivity contribution in [2.45, 2.75) is 13.2 Å². The number of rotatable bonds is 5. The number of aromatic nitrogens is 1. The molecule has 0 spiro atoms. The minimum Gasteiger partial charge on any atom is -0.433 e. The van der Waals surface area contributed by atoms with Crippen LogP contribution in [0.2, 0.25) is 0 Å². The lowest BCUT2D eigenvalue weighted by atomic mass is 10.2. The first-order valence-corrected chi connectivity index (χ1v) is 5.82. The van der Waals surface area contributed by atoms with E-state index in [4.69, 9.17) is 5.26 Å². The number of halogens is 2. The van der Waals surface area contributed by atoms with Gasteiger partial charge in [0.25, 0.3) is 0 Å². The molecular weight excluding hydrogens is 264 g/mol. The summed E-state index contributed by atoms with van der Waals surface area (Å²) in [6, 6.07) is 11.7. The highest BCUT2D eigenvalue weighted by Crippen LogP contribution is 2.25. The fourth-order valence-corrected chi connectivity index (χ4v) is 1.65. The number of nitriles is 1. The molecule has 2 rings (SSSR count). The molecule has 1 aromatic carbocycles. The van der Waals surface area contributed by atoms with Gasteiger partial charge in [0.15, 0.2) is 0 Å². The van der Waals surface area contributed by atoms with Crippen LogP contribution in [0.15, 0.2) is 42.6 Å². The fourth-order valence-electron chi connectivity index (χ4n) is 1.65. The van der Waals surface area contributed by atoms with Crippen LogP contribution in [0.4, 0.5) is 14.5 Å². The highest BCUT2D eigenvalue weighted by atomic mass is 19.3. The molecule has 1 N–H and O–H groups in total. The number of nitrogens with one attached hydrogen (secondary N) is 1. The Morgan fingerprint density at radius 3 is 2.85 bits per heavy atom. The van der Waals surface area contributed by atoms with E-state index < -0.39 is 6.61 Å². The van der Waals surface area contributed by atoms with Gasteiger partial charge in [-0.3, -0.25) is 0 Å². The van der Waals surface area contributed by atoms with Gasteiger partial charge in [-0.25, -0.2) is 4.98 Å². The summed E-state index contributed by atoms with van der Waals surface area (Å²) in [5.74, 6) is 0.0806. The third-order valence-electron chi connectivity index (χ3n) is 2.52. The van der Waals surface area contributed by atoms with E-state index in [2.05, 4.69) is 15.0 Å². The van der Waals surface area contributed by atoms with E-state index in [9.17, 15) is 8.78 Å². The van der Waals surface area contributed by atoms with E-state index in [0.29, 0.717) is 17.9 Å². The molecule has 0 aliphatic carbocycles. The SMILES string of the molecule is N#Cc1cc(CNc2ccccc2OC(F)F)ccn1. The average molecular weight is 275 g/mol. The van der Waals surface area contributed by atoms with Gasteiger partial charge in [-0.05, 0) is 29.8 Å². The van der Waals surface area contributed by atoms with Gasteiger partial charge in [0.05, 0.1) is 5.69 Å². The molecule has 0 amide bonds. The predicted octanol–water partition coefficient (Wildman–Crippen LogP) is 3.17. The van der Waals surface area contributed by atoms with E-state index in [0.717, 1.165) is 5.56 Å². The molecule has 1 aromatic heterocycles. The number of anilines is 1. The summed E-state index contributed by atoms with van der Waals surface area (Å²) in [7, 11) is 0. The third-order valence-corrected chi connectivity index (χ3v) is 2.52. The van der Waals surface area contributed by atoms with E-state index in [1.807, 2.05) is 6.07 Å². The van der Waals surface area contributed by atoms with Crippen molar-refractivity contribution < 1.29 is 13.5 Å². The number of hydrogen-bond donors (Lipinski definition) is 1. The van der Waals surface area contributed by atoms with Gasteiger partial charge in [0.1, 0.15) is 17.5 Å². The third kappa shape index (κ3) is 3.65. The maximum atomic E-state index is 12.3. The fraction of sp³-hybridized carbons (Fsp3) is 0.143. The Bertz CT molecular complexity index is 626. The summed E-state index contributed by atoms with van der Waals surface area (Å²) in [5, 5.41) is 11.7. The normalized spacial score (nSPS) is 10.1. The second kappa shape index (κ2) is 6.48. The number of pyridine rings is 1. The molecule has 0 saturated carbocycles. The molecule has 4 nitrogen and oxygen atoms in total. The maximum absolute atomic E-state index is 12.3. The highest BCUT2D eigenvalue weighted by Gasteiger charge is 2.08. The van der Waals surface area contributed by atoms with Crippen LogP contribution in [0.5, 0.6) is 5.75 Å². The van der Waals surface area contributed by atoms with Crippen molar-refractivity contribution in [2.75, 3.05) is 5.32 Å². The van der Waals surface area contributed by atoms with Crippen LogP contribution < -0.4 is 10.1 Å². The van der Waals surface area contributed by atoms with Crippen LogP contribution in [0, 0.1) is 11.3 Å². The Morgan fingerprint density at radius 1 is 1.30 bits per heavy atom. The number of hydrogen-bond acceptors (Lipinski definition) is 4. The molecule has 1 heterocycles. The summed E-state index contributed by atoms with van der Waals surface area (Å²) < 4.78 is 29.0. The lowest BCUT2D eigenvalue weighted by Crippen LogP contribution is -2.06. The zero-order valence-electron chi connectivity index (χ0n) is 10.4. The molecule has 0 atom stereocenters. The first kappa shape index (κ1) is 13.7. The van der Waals surface area contributed by atoms with E-state index in [1.54, 1.807) is 30.3 Å². The van der Waals surface area contributed by atoms with Crippen LogP contribution in [-0.4, -0.2) is 11.6 Å². The molecular formula is C14H11F2N3O. The van der Waals surface area contributed by atoms with Gasteiger partial charge in [0.2, 0.25) is 0 Å². The van der Waals surface area contributed by atoms with Crippen molar-refractivity contribution in [2.24, 2.45) is 0 Å². The van der Waals surface area contributed by atoms with Crippen LogP contribution in [0.1, 0.15) is 11.3 Å². The maximum Gasteiger partial charge on any atom is 0.387 e. The average Bonchev–Trinajstić information content (AvgIpc) is 2.46. The number of ether oxygens (including phenoxy) is 1. The predicted molar refractivity (Wildman–Crippen MR) is 69.4 cm³/mol. The second-order valence-corrected chi connectivity index (χ2v) is 3.89. The van der Waals surface area contributed by atoms with Crippen molar-refractivity contribution in [3.8, 4) is 11.8 Å². The van der Waals surface area contributed by atoms with Crippen molar-refractivity contribution in [3.63, 3.8) is 0 Å². The van der Waals surface area contributed by atoms with E-state index >= 15 is 0 Å². The van der Waals surface area contributed by atoms with Crippen LogP contribution in [0.3, 0.4) is 0 Å². The molecule has 6 heteroatoms. The molecule has 0 bridgehead atoms. The van der Waals surface area contributed by atoms with Crippen LogP contribution in [0.25, 0.3) is 0 Å². The summed E-state index contributed by atoms with van der Waals surface area (Å²) in [6.07, 6.45) is 1.52. The zero-order chi connectivity index (χ0) is 14.4. The molecule has 0 unspecified atom stereocenters. The van der Waals surface area contributed by atoms with Gasteiger partial charge in [-0.2, -0.15) is 14.0 Å². The highest BCUT2D eigenvalue weighted by molar-refractivity contribution is 5.56. The molecule has 20 heavy (non-hydrogen) atoms. The molecule has 2 aromatic rings. The lowest BCUT2D eigenvalue weighted by molar-refractivity contribution is -0.0493. The number of nitrogens with zero attached hydrogens (tertiary/aromatic N) is 2. The smallest absolute Gasteiger partial charge is 0.387 e. The summed E-state index contributed by atoms with van der Waals surface area (Å²) in [5.41, 5.74) is 1.59. The van der Waals surface area contributed by atoms with Crippen LogP contribution >= 0.6 is 0 Å².